The number of hydrogen-bond acceptors (Lipinski definition) is 2. The van der Waals surface area contributed by atoms with Crippen molar-refractivity contribution in [3.63, 3.8) is 0 Å². The van der Waals surface area contributed by atoms with Crippen LogP contribution in [0.4, 0.5) is 0 Å². The van der Waals surface area contributed by atoms with Crippen molar-refractivity contribution < 1.29 is 0 Å². The summed E-state index contributed by atoms with van der Waals surface area (Å²) in [6.45, 7) is 7.94. The fourth-order valence-corrected chi connectivity index (χ4v) is 2.23. The summed E-state index contributed by atoms with van der Waals surface area (Å²) >= 11 is 7.33. The van der Waals surface area contributed by atoms with E-state index in [0.29, 0.717) is 5.88 Å². The average molecular weight is 228 g/mol. The van der Waals surface area contributed by atoms with Crippen molar-refractivity contribution in [3.8, 4) is 0 Å². The predicted octanol–water partition coefficient (Wildman–Crippen LogP) is 3.59. The van der Waals surface area contributed by atoms with E-state index in [1.165, 1.54) is 5.56 Å². The Bertz CT molecular complexity index is 316. The minimum Gasteiger partial charge on any atom is -0.247 e. The molecule has 0 aromatic carbocycles. The molecule has 1 nitrogen and oxygen atoms in total. The molecule has 3 heteroatoms. The molecule has 0 saturated carbocycles. The summed E-state index contributed by atoms with van der Waals surface area (Å²) in [5.74, 6) is 1.37. The van der Waals surface area contributed by atoms with E-state index in [4.69, 9.17) is 11.6 Å². The standard InChI is InChI=1S/C11H14ClNS/c1-8-4-10(3)13-11(5-8)14-7-9(2)6-12/h4-5H,2,6-7H2,1,3H3. The highest BCUT2D eigenvalue weighted by molar-refractivity contribution is 7.99. The third-order valence-corrected chi connectivity index (χ3v) is 3.12. The summed E-state index contributed by atoms with van der Waals surface area (Å²) in [6.07, 6.45) is 0. The number of rotatable bonds is 4. The fraction of sp³-hybridized carbons (Fsp3) is 0.364. The van der Waals surface area contributed by atoms with Crippen molar-refractivity contribution in [2.45, 2.75) is 18.9 Å². The van der Waals surface area contributed by atoms with Crippen LogP contribution in [-0.2, 0) is 0 Å². The summed E-state index contributed by atoms with van der Waals surface area (Å²) in [5, 5.41) is 1.05. The first-order valence-corrected chi connectivity index (χ1v) is 5.94. The zero-order chi connectivity index (χ0) is 10.6. The van der Waals surface area contributed by atoms with Gasteiger partial charge in [-0.15, -0.1) is 23.4 Å². The van der Waals surface area contributed by atoms with Gasteiger partial charge in [0.25, 0.3) is 0 Å². The van der Waals surface area contributed by atoms with Crippen LogP contribution < -0.4 is 0 Å². The van der Waals surface area contributed by atoms with Crippen molar-refractivity contribution in [1.29, 1.82) is 0 Å². The van der Waals surface area contributed by atoms with Crippen molar-refractivity contribution in [2.24, 2.45) is 0 Å². The van der Waals surface area contributed by atoms with Gasteiger partial charge in [0, 0.05) is 17.3 Å². The largest absolute Gasteiger partial charge is 0.247 e. The first-order valence-electron chi connectivity index (χ1n) is 4.42. The van der Waals surface area contributed by atoms with Crippen LogP contribution in [0.3, 0.4) is 0 Å². The van der Waals surface area contributed by atoms with E-state index in [-0.39, 0.29) is 0 Å². The molecule has 0 atom stereocenters. The zero-order valence-electron chi connectivity index (χ0n) is 8.51. The lowest BCUT2D eigenvalue weighted by Crippen LogP contribution is -1.91. The Balaban J connectivity index is 2.63. The molecular formula is C11H14ClNS. The van der Waals surface area contributed by atoms with Crippen LogP contribution in [-0.4, -0.2) is 16.6 Å². The molecule has 0 fully saturated rings. The van der Waals surface area contributed by atoms with E-state index in [0.717, 1.165) is 22.0 Å². The monoisotopic (exact) mass is 227 g/mol. The van der Waals surface area contributed by atoms with Crippen LogP contribution in [0, 0.1) is 13.8 Å². The zero-order valence-corrected chi connectivity index (χ0v) is 10.1. The highest BCUT2D eigenvalue weighted by atomic mass is 35.5. The summed E-state index contributed by atoms with van der Waals surface area (Å²) < 4.78 is 0. The van der Waals surface area contributed by atoms with Gasteiger partial charge in [-0.05, 0) is 31.5 Å². The Morgan fingerprint density at radius 3 is 2.79 bits per heavy atom. The lowest BCUT2D eigenvalue weighted by atomic mass is 10.3. The smallest absolute Gasteiger partial charge is 0.0968 e. The third-order valence-electron chi connectivity index (χ3n) is 1.69. The number of pyridine rings is 1. The van der Waals surface area contributed by atoms with Gasteiger partial charge in [0.15, 0.2) is 0 Å². The number of hydrogen-bond donors (Lipinski definition) is 0. The lowest BCUT2D eigenvalue weighted by Gasteiger charge is -2.04. The fourth-order valence-electron chi connectivity index (χ4n) is 1.09. The molecule has 0 amide bonds. The second-order valence-electron chi connectivity index (χ2n) is 3.30. The lowest BCUT2D eigenvalue weighted by molar-refractivity contribution is 1.05. The van der Waals surface area contributed by atoms with Crippen LogP contribution in [0.5, 0.6) is 0 Å². The van der Waals surface area contributed by atoms with Crippen molar-refractivity contribution >= 4 is 23.4 Å². The van der Waals surface area contributed by atoms with Crippen molar-refractivity contribution in [1.82, 2.24) is 4.98 Å². The molecule has 1 heterocycles. The number of alkyl halides is 1. The van der Waals surface area contributed by atoms with E-state index < -0.39 is 0 Å². The molecule has 0 unspecified atom stereocenters. The molecule has 0 spiro atoms. The van der Waals surface area contributed by atoms with E-state index in [1.807, 2.05) is 6.92 Å². The van der Waals surface area contributed by atoms with Gasteiger partial charge in [0.05, 0.1) is 5.03 Å². The van der Waals surface area contributed by atoms with Crippen molar-refractivity contribution in [2.75, 3.05) is 11.6 Å². The van der Waals surface area contributed by atoms with Gasteiger partial charge < -0.3 is 0 Å². The predicted molar refractivity (Wildman–Crippen MR) is 64.3 cm³/mol. The summed E-state index contributed by atoms with van der Waals surface area (Å²) in [6, 6.07) is 4.15. The molecule has 0 aliphatic carbocycles. The first-order chi connectivity index (χ1) is 6.61. The number of halogens is 1. The molecule has 0 saturated heterocycles. The second-order valence-corrected chi connectivity index (χ2v) is 4.56. The maximum Gasteiger partial charge on any atom is 0.0968 e. The summed E-state index contributed by atoms with van der Waals surface area (Å²) in [4.78, 5) is 4.42. The normalized spacial score (nSPS) is 10.2. The van der Waals surface area contributed by atoms with E-state index in [2.05, 4.69) is 30.6 Å². The Morgan fingerprint density at radius 2 is 2.21 bits per heavy atom. The highest BCUT2D eigenvalue weighted by Crippen LogP contribution is 2.19. The molecule has 0 radical (unpaired) electrons. The number of nitrogens with zero attached hydrogens (tertiary/aromatic N) is 1. The second kappa shape index (κ2) is 5.42. The Labute approximate surface area is 94.6 Å². The van der Waals surface area contributed by atoms with Crippen molar-refractivity contribution in [3.05, 3.63) is 35.5 Å². The molecule has 1 rings (SSSR count). The van der Waals surface area contributed by atoms with E-state index in [9.17, 15) is 0 Å². The Morgan fingerprint density at radius 1 is 1.50 bits per heavy atom. The van der Waals surface area contributed by atoms with Gasteiger partial charge in [-0.1, -0.05) is 12.2 Å². The van der Waals surface area contributed by atoms with Gasteiger partial charge in [0.1, 0.15) is 0 Å². The number of aryl methyl sites for hydroxylation is 2. The summed E-state index contributed by atoms with van der Waals surface area (Å²) in [5.41, 5.74) is 3.35. The first kappa shape index (κ1) is 11.6. The highest BCUT2D eigenvalue weighted by Gasteiger charge is 1.99. The van der Waals surface area contributed by atoms with Gasteiger partial charge in [-0.2, -0.15) is 0 Å². The number of thioether (sulfide) groups is 1. The molecular weight excluding hydrogens is 214 g/mol. The van der Waals surface area contributed by atoms with E-state index in [1.54, 1.807) is 11.8 Å². The Kier molecular flexibility index (Phi) is 4.49. The molecule has 76 valence electrons. The third kappa shape index (κ3) is 3.72. The van der Waals surface area contributed by atoms with Gasteiger partial charge >= 0.3 is 0 Å². The maximum absolute atomic E-state index is 5.65. The topological polar surface area (TPSA) is 12.9 Å². The number of aromatic nitrogens is 1. The summed E-state index contributed by atoms with van der Waals surface area (Å²) in [7, 11) is 0. The van der Waals surface area contributed by atoms with Gasteiger partial charge in [-0.3, -0.25) is 0 Å². The quantitative estimate of drug-likeness (QED) is 0.443. The minimum atomic E-state index is 0.526. The van der Waals surface area contributed by atoms with Gasteiger partial charge in [-0.25, -0.2) is 4.98 Å². The van der Waals surface area contributed by atoms with E-state index >= 15 is 0 Å². The van der Waals surface area contributed by atoms with Crippen LogP contribution in [0.2, 0.25) is 0 Å². The molecule has 0 aliphatic heterocycles. The minimum absolute atomic E-state index is 0.526. The van der Waals surface area contributed by atoms with Crippen LogP contribution >= 0.6 is 23.4 Å². The van der Waals surface area contributed by atoms with Crippen LogP contribution in [0.1, 0.15) is 11.3 Å². The molecule has 0 aliphatic rings. The maximum atomic E-state index is 5.65. The Hall–Kier alpha value is -0.470. The SMILES string of the molecule is C=C(CCl)CSc1cc(C)cc(C)n1. The molecule has 0 bridgehead atoms. The van der Waals surface area contributed by atoms with Crippen LogP contribution in [0.15, 0.2) is 29.3 Å². The molecule has 0 N–H and O–H groups in total. The molecule has 14 heavy (non-hydrogen) atoms. The van der Waals surface area contributed by atoms with Gasteiger partial charge in [0.2, 0.25) is 0 Å². The average Bonchev–Trinajstić information content (AvgIpc) is 2.12. The molecule has 1 aromatic heterocycles. The van der Waals surface area contributed by atoms with Crippen LogP contribution in [0.25, 0.3) is 0 Å². The molecule has 1 aromatic rings.